The van der Waals surface area contributed by atoms with E-state index in [9.17, 15) is 9.18 Å². The van der Waals surface area contributed by atoms with Gasteiger partial charge in [-0.2, -0.15) is 0 Å². The van der Waals surface area contributed by atoms with E-state index in [-0.39, 0.29) is 5.56 Å². The lowest BCUT2D eigenvalue weighted by molar-refractivity contribution is 0.0696. The first kappa shape index (κ1) is 13.6. The molecule has 1 N–H and O–H groups in total. The van der Waals surface area contributed by atoms with Gasteiger partial charge in [-0.25, -0.2) is 9.18 Å². The molecule has 20 heavy (non-hydrogen) atoms. The third-order valence-corrected chi connectivity index (χ3v) is 4.12. The minimum Gasteiger partial charge on any atom is -0.478 e. The van der Waals surface area contributed by atoms with Gasteiger partial charge in [-0.15, -0.1) is 0 Å². The summed E-state index contributed by atoms with van der Waals surface area (Å²) in [5.74, 6) is 0.0926. The number of benzene rings is 1. The molecule has 0 unspecified atom stereocenters. The van der Waals surface area contributed by atoms with Gasteiger partial charge in [0.15, 0.2) is 0 Å². The van der Waals surface area contributed by atoms with Gasteiger partial charge in [0.05, 0.1) is 5.56 Å². The van der Waals surface area contributed by atoms with Crippen LogP contribution < -0.4 is 0 Å². The Morgan fingerprint density at radius 1 is 1.20 bits per heavy atom. The maximum absolute atomic E-state index is 14.0. The average molecular weight is 277 g/mol. The van der Waals surface area contributed by atoms with Gasteiger partial charge in [0, 0.05) is 25.2 Å². The number of carbonyl (C=O) groups is 1. The van der Waals surface area contributed by atoms with Crippen molar-refractivity contribution in [3.63, 3.8) is 0 Å². The summed E-state index contributed by atoms with van der Waals surface area (Å²) < 4.78 is 14.0. The SMILES string of the molecule is O=C(O)c1ccc(CN(CC2CC2)CC2CC2)c(F)c1. The topological polar surface area (TPSA) is 40.5 Å². The van der Waals surface area contributed by atoms with E-state index < -0.39 is 11.8 Å². The summed E-state index contributed by atoms with van der Waals surface area (Å²) in [6.07, 6.45) is 5.17. The van der Waals surface area contributed by atoms with E-state index in [1.54, 1.807) is 6.07 Å². The van der Waals surface area contributed by atoms with Gasteiger partial charge < -0.3 is 5.11 Å². The molecule has 0 atom stereocenters. The van der Waals surface area contributed by atoms with Crippen molar-refractivity contribution in [2.45, 2.75) is 32.2 Å². The number of hydrogen-bond donors (Lipinski definition) is 1. The Kier molecular flexibility index (Phi) is 3.74. The van der Waals surface area contributed by atoms with Gasteiger partial charge in [-0.3, -0.25) is 4.90 Å². The Morgan fingerprint density at radius 2 is 1.80 bits per heavy atom. The lowest BCUT2D eigenvalue weighted by atomic mass is 10.1. The Morgan fingerprint density at radius 3 is 2.25 bits per heavy atom. The third kappa shape index (κ3) is 3.57. The molecule has 2 aliphatic rings. The van der Waals surface area contributed by atoms with E-state index >= 15 is 0 Å². The Balaban J connectivity index is 1.67. The fourth-order valence-electron chi connectivity index (χ4n) is 2.58. The molecule has 108 valence electrons. The molecule has 1 aromatic rings. The van der Waals surface area contributed by atoms with Gasteiger partial charge >= 0.3 is 5.97 Å². The van der Waals surface area contributed by atoms with Crippen molar-refractivity contribution in [2.75, 3.05) is 13.1 Å². The summed E-state index contributed by atoms with van der Waals surface area (Å²) in [5, 5.41) is 8.86. The van der Waals surface area contributed by atoms with Crippen molar-refractivity contribution in [2.24, 2.45) is 11.8 Å². The molecule has 0 aromatic heterocycles. The van der Waals surface area contributed by atoms with Crippen LogP contribution in [0.25, 0.3) is 0 Å². The maximum atomic E-state index is 14.0. The normalized spacial score (nSPS) is 18.5. The predicted octanol–water partition coefficient (Wildman–Crippen LogP) is 3.15. The van der Waals surface area contributed by atoms with Crippen LogP contribution in [0.15, 0.2) is 18.2 Å². The standard InChI is InChI=1S/C16H20FNO2/c17-15-7-13(16(19)20)5-6-14(15)10-18(8-11-1-2-11)9-12-3-4-12/h5-7,11-12H,1-4,8-10H2,(H,19,20). The van der Waals surface area contributed by atoms with E-state index in [1.165, 1.54) is 31.7 Å². The first-order chi connectivity index (χ1) is 9.61. The summed E-state index contributed by atoms with van der Waals surface area (Å²) in [6, 6.07) is 4.24. The van der Waals surface area contributed by atoms with Gasteiger partial charge in [0.1, 0.15) is 5.82 Å². The molecule has 2 fully saturated rings. The smallest absolute Gasteiger partial charge is 0.335 e. The van der Waals surface area contributed by atoms with Crippen LogP contribution in [0.4, 0.5) is 4.39 Å². The van der Waals surface area contributed by atoms with Crippen LogP contribution in [0.3, 0.4) is 0 Å². The van der Waals surface area contributed by atoms with Crippen LogP contribution in [0.1, 0.15) is 41.6 Å². The molecule has 0 saturated heterocycles. The molecule has 4 heteroatoms. The Labute approximate surface area is 118 Å². The van der Waals surface area contributed by atoms with Gasteiger partial charge in [-0.05, 0) is 49.7 Å². The highest BCUT2D eigenvalue weighted by Crippen LogP contribution is 2.34. The highest BCUT2D eigenvalue weighted by Gasteiger charge is 2.29. The van der Waals surface area contributed by atoms with Crippen molar-refractivity contribution in [3.05, 3.63) is 35.1 Å². The predicted molar refractivity (Wildman–Crippen MR) is 74.1 cm³/mol. The van der Waals surface area contributed by atoms with E-state index in [0.717, 1.165) is 31.0 Å². The fourth-order valence-corrected chi connectivity index (χ4v) is 2.58. The zero-order valence-corrected chi connectivity index (χ0v) is 11.5. The molecule has 3 rings (SSSR count). The molecular formula is C16H20FNO2. The number of carboxylic acids is 1. The molecule has 0 radical (unpaired) electrons. The summed E-state index contributed by atoms with van der Waals surface area (Å²) in [6.45, 7) is 2.70. The quantitative estimate of drug-likeness (QED) is 0.832. The first-order valence-corrected chi connectivity index (χ1v) is 7.36. The van der Waals surface area contributed by atoms with Gasteiger partial charge in [-0.1, -0.05) is 6.07 Å². The zero-order chi connectivity index (χ0) is 14.1. The van der Waals surface area contributed by atoms with Crippen LogP contribution >= 0.6 is 0 Å². The molecule has 3 nitrogen and oxygen atoms in total. The summed E-state index contributed by atoms with van der Waals surface area (Å²) in [4.78, 5) is 13.2. The Bertz CT molecular complexity index is 495. The van der Waals surface area contributed by atoms with Crippen LogP contribution in [0.5, 0.6) is 0 Å². The Hall–Kier alpha value is -1.42. The van der Waals surface area contributed by atoms with Crippen molar-refractivity contribution in [1.82, 2.24) is 4.90 Å². The number of halogens is 1. The summed E-state index contributed by atoms with van der Waals surface area (Å²) in [7, 11) is 0. The van der Waals surface area contributed by atoms with E-state index in [4.69, 9.17) is 5.11 Å². The second kappa shape index (κ2) is 5.52. The number of aromatic carboxylic acids is 1. The lowest BCUT2D eigenvalue weighted by Crippen LogP contribution is -2.28. The molecule has 2 aliphatic carbocycles. The van der Waals surface area contributed by atoms with E-state index in [2.05, 4.69) is 4.90 Å². The molecule has 0 heterocycles. The van der Waals surface area contributed by atoms with Gasteiger partial charge in [0.2, 0.25) is 0 Å². The minimum absolute atomic E-state index is 0.0159. The van der Waals surface area contributed by atoms with Crippen LogP contribution in [0.2, 0.25) is 0 Å². The molecule has 1 aromatic carbocycles. The first-order valence-electron chi connectivity index (χ1n) is 7.36. The number of carboxylic acid groups (broad SMARTS) is 1. The summed E-state index contributed by atoms with van der Waals surface area (Å²) in [5.41, 5.74) is 0.624. The molecule has 0 aliphatic heterocycles. The van der Waals surface area contributed by atoms with Crippen LogP contribution in [0, 0.1) is 17.7 Å². The van der Waals surface area contributed by atoms with Crippen molar-refractivity contribution in [1.29, 1.82) is 0 Å². The number of nitrogens with zero attached hydrogens (tertiary/aromatic N) is 1. The maximum Gasteiger partial charge on any atom is 0.335 e. The van der Waals surface area contributed by atoms with Crippen LogP contribution in [-0.4, -0.2) is 29.1 Å². The summed E-state index contributed by atoms with van der Waals surface area (Å²) >= 11 is 0. The third-order valence-electron chi connectivity index (χ3n) is 4.12. The van der Waals surface area contributed by atoms with Crippen LogP contribution in [-0.2, 0) is 6.54 Å². The molecule has 0 spiro atoms. The zero-order valence-electron chi connectivity index (χ0n) is 11.5. The lowest BCUT2D eigenvalue weighted by Gasteiger charge is -2.22. The second-order valence-corrected chi connectivity index (χ2v) is 6.19. The van der Waals surface area contributed by atoms with Crippen molar-refractivity contribution < 1.29 is 14.3 Å². The average Bonchev–Trinajstić information content (AvgIpc) is 3.27. The number of hydrogen-bond acceptors (Lipinski definition) is 2. The second-order valence-electron chi connectivity index (χ2n) is 6.19. The van der Waals surface area contributed by atoms with Crippen molar-refractivity contribution >= 4 is 5.97 Å². The molecule has 0 bridgehead atoms. The fraction of sp³-hybridized carbons (Fsp3) is 0.562. The highest BCUT2D eigenvalue weighted by atomic mass is 19.1. The monoisotopic (exact) mass is 277 g/mol. The molecular weight excluding hydrogens is 257 g/mol. The van der Waals surface area contributed by atoms with E-state index in [0.29, 0.717) is 12.1 Å². The molecule has 0 amide bonds. The largest absolute Gasteiger partial charge is 0.478 e. The highest BCUT2D eigenvalue weighted by molar-refractivity contribution is 5.87. The van der Waals surface area contributed by atoms with E-state index in [1.807, 2.05) is 0 Å². The van der Waals surface area contributed by atoms with Gasteiger partial charge in [0.25, 0.3) is 0 Å². The molecule has 2 saturated carbocycles. The van der Waals surface area contributed by atoms with Crippen molar-refractivity contribution in [3.8, 4) is 0 Å². The number of rotatable bonds is 7. The minimum atomic E-state index is -1.08.